The zero-order valence-corrected chi connectivity index (χ0v) is 17.9. The van der Waals surface area contributed by atoms with E-state index in [4.69, 9.17) is 0 Å². The van der Waals surface area contributed by atoms with Gasteiger partial charge in [0.1, 0.15) is 5.69 Å². The third kappa shape index (κ3) is 3.39. The molecule has 156 valence electrons. The van der Waals surface area contributed by atoms with Crippen molar-refractivity contribution in [2.45, 2.75) is 70.5 Å². The number of carbonyl (C=O) groups is 1. The number of nitrogens with one attached hydrogen (secondary N) is 1. The van der Waals surface area contributed by atoms with E-state index in [1.807, 2.05) is 0 Å². The zero-order chi connectivity index (χ0) is 20.3. The van der Waals surface area contributed by atoms with Crippen LogP contribution in [-0.2, 0) is 13.2 Å². The number of alkyl halides is 3. The average molecular weight is 462 g/mol. The highest BCUT2D eigenvalue weighted by molar-refractivity contribution is 9.10. The van der Waals surface area contributed by atoms with E-state index in [9.17, 15) is 18.0 Å². The van der Waals surface area contributed by atoms with E-state index in [2.05, 4.69) is 33.3 Å². The number of hydrogen-bond donors (Lipinski definition) is 1. The van der Waals surface area contributed by atoms with E-state index in [-0.39, 0.29) is 21.6 Å². The quantitative estimate of drug-likeness (QED) is 0.644. The van der Waals surface area contributed by atoms with Crippen molar-refractivity contribution in [3.05, 3.63) is 15.9 Å². The molecule has 0 aromatic carbocycles. The fraction of sp³-hybridized carbons (Fsp3) is 0.800. The molecule has 4 bridgehead atoms. The topological polar surface area (TPSA) is 46.9 Å². The number of carbonyl (C=O) groups excluding carboxylic acids is 1. The van der Waals surface area contributed by atoms with E-state index in [1.165, 1.54) is 26.3 Å². The van der Waals surface area contributed by atoms with Crippen molar-refractivity contribution >= 4 is 21.8 Å². The normalized spacial score (nSPS) is 32.6. The van der Waals surface area contributed by atoms with Crippen molar-refractivity contribution in [1.29, 1.82) is 0 Å². The number of aromatic nitrogens is 2. The summed E-state index contributed by atoms with van der Waals surface area (Å²) < 4.78 is 40.2. The summed E-state index contributed by atoms with van der Waals surface area (Å²) in [7, 11) is 1.38. The third-order valence-electron chi connectivity index (χ3n) is 7.18. The molecule has 0 saturated heterocycles. The lowest BCUT2D eigenvalue weighted by molar-refractivity contribution is -0.142. The summed E-state index contributed by atoms with van der Waals surface area (Å²) in [6.07, 6.45) is 4.57. The van der Waals surface area contributed by atoms with Crippen LogP contribution in [0.2, 0.25) is 0 Å². The highest BCUT2D eigenvalue weighted by Crippen LogP contribution is 2.61. The largest absolute Gasteiger partial charge is 0.436 e. The maximum absolute atomic E-state index is 13.2. The zero-order valence-electron chi connectivity index (χ0n) is 16.3. The van der Waals surface area contributed by atoms with Crippen LogP contribution in [-0.4, -0.2) is 21.7 Å². The molecule has 4 fully saturated rings. The Labute approximate surface area is 171 Å². The van der Waals surface area contributed by atoms with Crippen LogP contribution >= 0.6 is 15.9 Å². The van der Waals surface area contributed by atoms with Crippen molar-refractivity contribution < 1.29 is 18.0 Å². The van der Waals surface area contributed by atoms with Gasteiger partial charge in [-0.15, -0.1) is 0 Å². The molecule has 0 aliphatic heterocycles. The Balaban J connectivity index is 1.60. The summed E-state index contributed by atoms with van der Waals surface area (Å²) >= 11 is 2.97. The minimum Gasteiger partial charge on any atom is -0.347 e. The van der Waals surface area contributed by atoms with Crippen molar-refractivity contribution in [3.63, 3.8) is 0 Å². The summed E-state index contributed by atoms with van der Waals surface area (Å²) in [6, 6.07) is 0.00883. The second kappa shape index (κ2) is 7.03. The highest BCUT2D eigenvalue weighted by atomic mass is 79.9. The van der Waals surface area contributed by atoms with Gasteiger partial charge in [-0.05, 0) is 84.0 Å². The minimum atomic E-state index is -4.60. The van der Waals surface area contributed by atoms with Crippen molar-refractivity contribution in [2.75, 3.05) is 0 Å². The minimum absolute atomic E-state index is 0.00883. The fourth-order valence-electron chi connectivity index (χ4n) is 6.58. The van der Waals surface area contributed by atoms with Gasteiger partial charge in [0, 0.05) is 13.1 Å². The molecule has 0 unspecified atom stereocenters. The number of halogens is 4. The highest BCUT2D eigenvalue weighted by Gasteiger charge is 2.54. The van der Waals surface area contributed by atoms with Crippen molar-refractivity contribution in [2.24, 2.45) is 30.2 Å². The lowest BCUT2D eigenvalue weighted by Gasteiger charge is -2.59. The van der Waals surface area contributed by atoms with Gasteiger partial charge in [0.15, 0.2) is 5.69 Å². The number of aryl methyl sites for hydroxylation is 1. The monoisotopic (exact) mass is 461 g/mol. The molecule has 28 heavy (non-hydrogen) atoms. The molecular formula is C20H27BrF3N3O. The second-order valence-electron chi connectivity index (χ2n) is 9.23. The first kappa shape index (κ1) is 20.2. The van der Waals surface area contributed by atoms with Crippen LogP contribution in [0.3, 0.4) is 0 Å². The first-order valence-electron chi connectivity index (χ1n) is 10.2. The van der Waals surface area contributed by atoms with Gasteiger partial charge in [-0.2, -0.15) is 18.3 Å². The molecule has 1 N–H and O–H groups in total. The molecule has 8 heteroatoms. The standard InChI is InChI=1S/C20H27BrF3N3O/c1-3-4-14(19-8-11-5-12(9-19)7-13(6-11)10-19)25-18(28)16-15(21)17(20(22,23)24)26-27(16)2/h11-14H,3-10H2,1-2H3,(H,25,28)/t11?,12?,13?,14-,19?/m1/s1. The Bertz CT molecular complexity index is 738. The summed E-state index contributed by atoms with van der Waals surface area (Å²) in [5.74, 6) is 1.79. The molecule has 1 aromatic rings. The van der Waals surface area contributed by atoms with Gasteiger partial charge in [0.2, 0.25) is 0 Å². The van der Waals surface area contributed by atoms with Gasteiger partial charge >= 0.3 is 6.18 Å². The molecule has 1 amide bonds. The maximum Gasteiger partial charge on any atom is 0.436 e. The van der Waals surface area contributed by atoms with Crippen LogP contribution in [0.15, 0.2) is 4.47 Å². The van der Waals surface area contributed by atoms with Gasteiger partial charge in [-0.1, -0.05) is 13.3 Å². The summed E-state index contributed by atoms with van der Waals surface area (Å²) in [6.45, 7) is 2.10. The smallest absolute Gasteiger partial charge is 0.347 e. The van der Waals surface area contributed by atoms with E-state index < -0.39 is 17.8 Å². The Morgan fingerprint density at radius 3 is 2.21 bits per heavy atom. The lowest BCUT2D eigenvalue weighted by Crippen LogP contribution is -2.57. The van der Waals surface area contributed by atoms with E-state index in [1.54, 1.807) is 0 Å². The van der Waals surface area contributed by atoms with Gasteiger partial charge in [0.05, 0.1) is 4.47 Å². The van der Waals surface area contributed by atoms with Crippen LogP contribution in [0, 0.1) is 23.2 Å². The van der Waals surface area contributed by atoms with Gasteiger partial charge < -0.3 is 5.32 Å². The van der Waals surface area contributed by atoms with Gasteiger partial charge in [-0.25, -0.2) is 0 Å². The Kier molecular flexibility index (Phi) is 5.08. The first-order chi connectivity index (χ1) is 13.1. The lowest BCUT2D eigenvalue weighted by atomic mass is 9.47. The van der Waals surface area contributed by atoms with Crippen LogP contribution in [0.1, 0.15) is 74.5 Å². The van der Waals surface area contributed by atoms with E-state index in [0.29, 0.717) is 0 Å². The fourth-order valence-corrected chi connectivity index (χ4v) is 7.32. The first-order valence-corrected chi connectivity index (χ1v) is 11.0. The molecule has 4 aliphatic carbocycles. The number of amides is 1. The molecule has 4 aliphatic rings. The van der Waals surface area contributed by atoms with Crippen LogP contribution in [0.25, 0.3) is 0 Å². The summed E-state index contributed by atoms with van der Waals surface area (Å²) in [4.78, 5) is 13.0. The van der Waals surface area contributed by atoms with Crippen molar-refractivity contribution in [3.8, 4) is 0 Å². The Hall–Kier alpha value is -1.05. The predicted octanol–water partition coefficient (Wildman–Crippen LogP) is 5.32. The predicted molar refractivity (Wildman–Crippen MR) is 103 cm³/mol. The van der Waals surface area contributed by atoms with E-state index >= 15 is 0 Å². The van der Waals surface area contributed by atoms with E-state index in [0.717, 1.165) is 54.5 Å². The van der Waals surface area contributed by atoms with Crippen LogP contribution in [0.4, 0.5) is 13.2 Å². The molecule has 1 atom stereocenters. The maximum atomic E-state index is 13.2. The average Bonchev–Trinajstić information content (AvgIpc) is 2.88. The van der Waals surface area contributed by atoms with Crippen LogP contribution < -0.4 is 5.32 Å². The Morgan fingerprint density at radius 1 is 1.25 bits per heavy atom. The second-order valence-corrected chi connectivity index (χ2v) is 10.0. The summed E-state index contributed by atoms with van der Waals surface area (Å²) in [5, 5.41) is 6.67. The SMILES string of the molecule is CCC[C@@H](NC(=O)c1c(Br)c(C(F)(F)F)nn1C)C12CC3CC(CC(C3)C1)C2. The number of nitrogens with zero attached hydrogens (tertiary/aromatic N) is 2. The van der Waals surface area contributed by atoms with Crippen molar-refractivity contribution in [1.82, 2.24) is 15.1 Å². The molecule has 1 heterocycles. The molecule has 0 spiro atoms. The van der Waals surface area contributed by atoms with Gasteiger partial charge in [0.25, 0.3) is 5.91 Å². The summed E-state index contributed by atoms with van der Waals surface area (Å²) in [5.41, 5.74) is -1.00. The molecule has 4 saturated carbocycles. The molecule has 0 radical (unpaired) electrons. The molecule has 4 nitrogen and oxygen atoms in total. The van der Waals surface area contributed by atoms with Crippen LogP contribution in [0.5, 0.6) is 0 Å². The Morgan fingerprint density at radius 2 is 1.79 bits per heavy atom. The van der Waals surface area contributed by atoms with Gasteiger partial charge in [-0.3, -0.25) is 9.48 Å². The number of rotatable bonds is 5. The third-order valence-corrected chi connectivity index (χ3v) is 7.93. The number of hydrogen-bond acceptors (Lipinski definition) is 2. The molecule has 5 rings (SSSR count). The molecule has 1 aromatic heterocycles. The molecular weight excluding hydrogens is 435 g/mol.